The van der Waals surface area contributed by atoms with Crippen molar-refractivity contribution in [3.05, 3.63) is 35.6 Å². The molecule has 2 atom stereocenters. The van der Waals surface area contributed by atoms with Gasteiger partial charge in [-0.1, -0.05) is 25.1 Å². The Morgan fingerprint density at radius 2 is 2.05 bits per heavy atom. The molecule has 0 amide bonds. The standard InChI is InChI=1S/C15H25FN2O/c1-12(11-18(3)9-10-19-4)15(17-2)13-7-5-6-8-14(13)16/h5-8,12,15,17H,9-11H2,1-4H3. The van der Waals surface area contributed by atoms with Crippen molar-refractivity contribution in [2.75, 3.05) is 40.9 Å². The minimum Gasteiger partial charge on any atom is -0.383 e. The zero-order valence-corrected chi connectivity index (χ0v) is 12.3. The Hall–Kier alpha value is -0.970. The number of nitrogens with one attached hydrogen (secondary N) is 1. The number of hydrogen-bond acceptors (Lipinski definition) is 3. The number of likely N-dealkylation sites (N-methyl/N-ethyl adjacent to an activating group) is 1. The fourth-order valence-electron chi connectivity index (χ4n) is 2.41. The van der Waals surface area contributed by atoms with Crippen molar-refractivity contribution in [3.8, 4) is 0 Å². The van der Waals surface area contributed by atoms with E-state index >= 15 is 0 Å². The number of rotatable bonds is 8. The van der Waals surface area contributed by atoms with Crippen molar-refractivity contribution in [3.63, 3.8) is 0 Å². The summed E-state index contributed by atoms with van der Waals surface area (Å²) in [5.74, 6) is 0.164. The summed E-state index contributed by atoms with van der Waals surface area (Å²) in [7, 11) is 5.64. The summed E-state index contributed by atoms with van der Waals surface area (Å²) in [5, 5.41) is 3.22. The number of nitrogens with zero attached hydrogens (tertiary/aromatic N) is 1. The van der Waals surface area contributed by atoms with Gasteiger partial charge in [-0.3, -0.25) is 0 Å². The van der Waals surface area contributed by atoms with Crippen LogP contribution in [0.2, 0.25) is 0 Å². The van der Waals surface area contributed by atoms with Crippen LogP contribution in [0.25, 0.3) is 0 Å². The van der Waals surface area contributed by atoms with Crippen LogP contribution in [0.15, 0.2) is 24.3 Å². The summed E-state index contributed by atoms with van der Waals surface area (Å²) in [6.07, 6.45) is 0. The summed E-state index contributed by atoms with van der Waals surface area (Å²) in [5.41, 5.74) is 0.734. The second-order valence-corrected chi connectivity index (χ2v) is 5.02. The van der Waals surface area contributed by atoms with Crippen molar-refractivity contribution in [1.82, 2.24) is 10.2 Å². The van der Waals surface area contributed by atoms with Gasteiger partial charge in [-0.05, 0) is 26.1 Å². The Kier molecular flexibility index (Phi) is 6.99. The average Bonchev–Trinajstić information content (AvgIpc) is 2.39. The van der Waals surface area contributed by atoms with Gasteiger partial charge in [-0.25, -0.2) is 4.39 Å². The lowest BCUT2D eigenvalue weighted by molar-refractivity contribution is 0.148. The van der Waals surface area contributed by atoms with E-state index in [1.165, 1.54) is 6.07 Å². The molecule has 19 heavy (non-hydrogen) atoms. The number of ether oxygens (including phenoxy) is 1. The van der Waals surface area contributed by atoms with Crippen LogP contribution >= 0.6 is 0 Å². The molecule has 0 spiro atoms. The molecule has 0 fully saturated rings. The topological polar surface area (TPSA) is 24.5 Å². The molecule has 3 nitrogen and oxygen atoms in total. The molecule has 108 valence electrons. The lowest BCUT2D eigenvalue weighted by Gasteiger charge is -2.28. The third-order valence-electron chi connectivity index (χ3n) is 3.40. The van der Waals surface area contributed by atoms with Crippen molar-refractivity contribution in [1.29, 1.82) is 0 Å². The molecule has 0 heterocycles. The lowest BCUT2D eigenvalue weighted by Crippen LogP contribution is -2.34. The van der Waals surface area contributed by atoms with Crippen molar-refractivity contribution >= 4 is 0 Å². The molecule has 0 aromatic heterocycles. The lowest BCUT2D eigenvalue weighted by atomic mass is 9.93. The van der Waals surface area contributed by atoms with Gasteiger partial charge in [0.25, 0.3) is 0 Å². The van der Waals surface area contributed by atoms with Crippen LogP contribution in [0.3, 0.4) is 0 Å². The highest BCUT2D eigenvalue weighted by atomic mass is 19.1. The number of halogens is 1. The van der Waals surface area contributed by atoms with Crippen molar-refractivity contribution in [2.24, 2.45) is 5.92 Å². The molecule has 2 unspecified atom stereocenters. The highest BCUT2D eigenvalue weighted by Crippen LogP contribution is 2.24. The molecular weight excluding hydrogens is 243 g/mol. The molecule has 1 aromatic carbocycles. The highest BCUT2D eigenvalue weighted by molar-refractivity contribution is 5.21. The Morgan fingerprint density at radius 3 is 2.63 bits per heavy atom. The zero-order valence-electron chi connectivity index (χ0n) is 12.3. The van der Waals surface area contributed by atoms with E-state index in [2.05, 4.69) is 24.2 Å². The molecule has 1 N–H and O–H groups in total. The van der Waals surface area contributed by atoms with Crippen LogP contribution in [-0.4, -0.2) is 45.8 Å². The average molecular weight is 268 g/mol. The van der Waals surface area contributed by atoms with Crippen LogP contribution < -0.4 is 5.32 Å². The van der Waals surface area contributed by atoms with Gasteiger partial charge in [0.2, 0.25) is 0 Å². The zero-order chi connectivity index (χ0) is 14.3. The molecule has 0 radical (unpaired) electrons. The Labute approximate surface area is 115 Å². The molecule has 1 aromatic rings. The van der Waals surface area contributed by atoms with E-state index in [-0.39, 0.29) is 11.9 Å². The molecule has 0 bridgehead atoms. The van der Waals surface area contributed by atoms with Gasteiger partial charge in [-0.2, -0.15) is 0 Å². The molecule has 1 rings (SSSR count). The monoisotopic (exact) mass is 268 g/mol. The quantitative estimate of drug-likeness (QED) is 0.783. The molecule has 0 aliphatic rings. The first kappa shape index (κ1) is 16.1. The number of methoxy groups -OCH3 is 1. The summed E-state index contributed by atoms with van der Waals surface area (Å²) in [6.45, 7) is 4.63. The first-order valence-corrected chi connectivity index (χ1v) is 6.69. The maximum absolute atomic E-state index is 13.9. The van der Waals surface area contributed by atoms with Gasteiger partial charge in [0.1, 0.15) is 5.82 Å². The van der Waals surface area contributed by atoms with Gasteiger partial charge in [0, 0.05) is 31.8 Å². The predicted molar refractivity (Wildman–Crippen MR) is 76.7 cm³/mol. The summed E-state index contributed by atoms with van der Waals surface area (Å²) < 4.78 is 18.9. The number of hydrogen-bond donors (Lipinski definition) is 1. The third kappa shape index (κ3) is 4.90. The summed E-state index contributed by atoms with van der Waals surface area (Å²) >= 11 is 0. The minimum atomic E-state index is -0.145. The molecule has 0 saturated carbocycles. The maximum Gasteiger partial charge on any atom is 0.127 e. The van der Waals surface area contributed by atoms with Crippen molar-refractivity contribution < 1.29 is 9.13 Å². The van der Waals surface area contributed by atoms with E-state index in [4.69, 9.17) is 4.74 Å². The predicted octanol–water partition coefficient (Wildman–Crippen LogP) is 2.30. The van der Waals surface area contributed by atoms with Gasteiger partial charge >= 0.3 is 0 Å². The van der Waals surface area contributed by atoms with Crippen LogP contribution in [0.5, 0.6) is 0 Å². The first-order valence-electron chi connectivity index (χ1n) is 6.69. The molecule has 0 saturated heterocycles. The van der Waals surface area contributed by atoms with Gasteiger partial charge in [0.15, 0.2) is 0 Å². The van der Waals surface area contributed by atoms with E-state index in [1.807, 2.05) is 19.2 Å². The van der Waals surface area contributed by atoms with Crippen molar-refractivity contribution in [2.45, 2.75) is 13.0 Å². The van der Waals surface area contributed by atoms with Gasteiger partial charge < -0.3 is 15.0 Å². The third-order valence-corrected chi connectivity index (χ3v) is 3.40. The smallest absolute Gasteiger partial charge is 0.127 e. The fraction of sp³-hybridized carbons (Fsp3) is 0.600. The van der Waals surface area contributed by atoms with Crippen LogP contribution in [0.4, 0.5) is 4.39 Å². The summed E-state index contributed by atoms with van der Waals surface area (Å²) in [4.78, 5) is 2.21. The highest BCUT2D eigenvalue weighted by Gasteiger charge is 2.21. The van der Waals surface area contributed by atoms with E-state index < -0.39 is 0 Å². The number of benzene rings is 1. The molecule has 4 heteroatoms. The molecular formula is C15H25FN2O. The van der Waals surface area contributed by atoms with E-state index in [1.54, 1.807) is 13.2 Å². The molecule has 0 aliphatic carbocycles. The van der Waals surface area contributed by atoms with E-state index in [0.29, 0.717) is 12.5 Å². The molecule has 0 aliphatic heterocycles. The Morgan fingerprint density at radius 1 is 1.37 bits per heavy atom. The minimum absolute atomic E-state index is 0.0196. The normalized spacial score (nSPS) is 14.6. The largest absolute Gasteiger partial charge is 0.383 e. The van der Waals surface area contributed by atoms with Gasteiger partial charge in [-0.15, -0.1) is 0 Å². The van der Waals surface area contributed by atoms with Crippen LogP contribution in [0.1, 0.15) is 18.5 Å². The Bertz CT molecular complexity index is 373. The second kappa shape index (κ2) is 8.25. The van der Waals surface area contributed by atoms with Gasteiger partial charge in [0.05, 0.1) is 6.61 Å². The van der Waals surface area contributed by atoms with Crippen LogP contribution in [0, 0.1) is 11.7 Å². The SMILES string of the molecule is CNC(c1ccccc1F)C(C)CN(C)CCOC. The Balaban J connectivity index is 2.67. The maximum atomic E-state index is 13.9. The fourth-order valence-corrected chi connectivity index (χ4v) is 2.41. The first-order chi connectivity index (χ1) is 9.10. The van der Waals surface area contributed by atoms with Crippen LogP contribution in [-0.2, 0) is 4.74 Å². The second-order valence-electron chi connectivity index (χ2n) is 5.02. The van der Waals surface area contributed by atoms with E-state index in [0.717, 1.165) is 18.7 Å². The van der Waals surface area contributed by atoms with E-state index in [9.17, 15) is 4.39 Å². The summed E-state index contributed by atoms with van der Waals surface area (Å²) in [6, 6.07) is 6.99.